The monoisotopic (exact) mass is 329 g/mol. The number of benzene rings is 1. The van der Waals surface area contributed by atoms with Gasteiger partial charge in [-0.05, 0) is 12.1 Å². The normalized spacial score (nSPS) is 10.7. The Bertz CT molecular complexity index is 626. The fraction of sp³-hybridized carbons (Fsp3) is 0.167. The van der Waals surface area contributed by atoms with Gasteiger partial charge >= 0.3 is 5.97 Å². The lowest BCUT2D eigenvalue weighted by Gasteiger charge is -2.06. The van der Waals surface area contributed by atoms with E-state index in [-0.39, 0.29) is 23.6 Å². The number of carboxylic acid groups (broad SMARTS) is 1. The molecule has 0 bridgehead atoms. The van der Waals surface area contributed by atoms with Crippen molar-refractivity contribution in [3.63, 3.8) is 0 Å². The molecule has 0 saturated carbocycles. The van der Waals surface area contributed by atoms with Gasteiger partial charge in [0.15, 0.2) is 11.5 Å². The Kier molecular flexibility index (Phi) is 3.96. The largest absolute Gasteiger partial charge is 0.476 e. The summed E-state index contributed by atoms with van der Waals surface area (Å²) in [5.74, 6) is -1.71. The van der Waals surface area contributed by atoms with Gasteiger partial charge in [-0.1, -0.05) is 21.1 Å². The molecule has 1 N–H and O–H groups in total. The number of aromatic carboxylic acids is 1. The van der Waals surface area contributed by atoms with Crippen LogP contribution >= 0.6 is 15.9 Å². The highest BCUT2D eigenvalue weighted by molar-refractivity contribution is 9.10. The van der Waals surface area contributed by atoms with E-state index in [2.05, 4.69) is 21.1 Å². The van der Waals surface area contributed by atoms with Gasteiger partial charge in [-0.15, -0.1) is 0 Å². The molecule has 1 heterocycles. The molecule has 0 unspecified atom stereocenters. The minimum atomic E-state index is -1.23. The van der Waals surface area contributed by atoms with Crippen molar-refractivity contribution in [2.75, 3.05) is 7.11 Å². The molecular formula is C12H9BrFNO4. The van der Waals surface area contributed by atoms with Gasteiger partial charge in [-0.3, -0.25) is 0 Å². The molecule has 100 valence electrons. The van der Waals surface area contributed by atoms with Crippen LogP contribution in [0.1, 0.15) is 16.1 Å². The van der Waals surface area contributed by atoms with Crippen molar-refractivity contribution in [1.82, 2.24) is 5.16 Å². The van der Waals surface area contributed by atoms with Crippen LogP contribution in [0.4, 0.5) is 4.39 Å². The molecule has 19 heavy (non-hydrogen) atoms. The minimum absolute atomic E-state index is 0.0496. The van der Waals surface area contributed by atoms with E-state index in [0.717, 1.165) is 0 Å². The predicted octanol–water partition coefficient (Wildman–Crippen LogP) is 3.09. The van der Waals surface area contributed by atoms with E-state index in [1.165, 1.54) is 19.2 Å². The zero-order valence-electron chi connectivity index (χ0n) is 9.81. The number of carboxylic acids is 1. The van der Waals surface area contributed by atoms with Crippen LogP contribution < -0.4 is 0 Å². The first-order chi connectivity index (χ1) is 9.02. The maximum absolute atomic E-state index is 14.2. The molecule has 0 aliphatic heterocycles. The van der Waals surface area contributed by atoms with E-state index in [1.54, 1.807) is 6.07 Å². The fourth-order valence-electron chi connectivity index (χ4n) is 1.59. The summed E-state index contributed by atoms with van der Waals surface area (Å²) in [4.78, 5) is 10.7. The minimum Gasteiger partial charge on any atom is -0.476 e. The van der Waals surface area contributed by atoms with Crippen LogP contribution in [-0.2, 0) is 11.3 Å². The first-order valence-corrected chi connectivity index (χ1v) is 5.99. The average molecular weight is 330 g/mol. The molecule has 2 aromatic rings. The number of halogens is 2. The van der Waals surface area contributed by atoms with Crippen molar-refractivity contribution < 1.29 is 23.6 Å². The van der Waals surface area contributed by atoms with Gasteiger partial charge in [0, 0.05) is 23.2 Å². The first-order valence-electron chi connectivity index (χ1n) is 5.20. The van der Waals surface area contributed by atoms with Crippen LogP contribution in [0.3, 0.4) is 0 Å². The fourth-order valence-corrected chi connectivity index (χ4v) is 2.09. The maximum atomic E-state index is 14.2. The average Bonchev–Trinajstić information content (AvgIpc) is 2.83. The second kappa shape index (κ2) is 5.50. The summed E-state index contributed by atoms with van der Waals surface area (Å²) < 4.78 is 24.6. The second-order valence-electron chi connectivity index (χ2n) is 3.74. The first kappa shape index (κ1) is 13.7. The van der Waals surface area contributed by atoms with Crippen LogP contribution in [0.2, 0.25) is 0 Å². The summed E-state index contributed by atoms with van der Waals surface area (Å²) in [5, 5.41) is 12.1. The van der Waals surface area contributed by atoms with Crippen molar-refractivity contribution in [3.8, 4) is 11.3 Å². The molecule has 0 spiro atoms. The third-order valence-corrected chi connectivity index (χ3v) is 2.87. The summed E-state index contributed by atoms with van der Waals surface area (Å²) >= 11 is 3.25. The number of methoxy groups -OCH3 is 1. The zero-order chi connectivity index (χ0) is 14.0. The molecule has 5 nitrogen and oxygen atoms in total. The molecule has 7 heteroatoms. The lowest BCUT2D eigenvalue weighted by atomic mass is 10.1. The summed E-state index contributed by atoms with van der Waals surface area (Å²) in [6, 6.07) is 4.24. The van der Waals surface area contributed by atoms with Gasteiger partial charge < -0.3 is 14.4 Å². The lowest BCUT2D eigenvalue weighted by Crippen LogP contribution is -1.96. The van der Waals surface area contributed by atoms with E-state index < -0.39 is 11.8 Å². The molecule has 0 aliphatic rings. The Morgan fingerprint density at radius 1 is 1.53 bits per heavy atom. The standard InChI is InChI=1S/C12H9BrFNO4/c1-18-5-6-2-7(13)3-8(11(6)14)10-4-9(12(16)17)15-19-10/h2-4H,5H2,1H3,(H,16,17). The number of hydrogen-bond acceptors (Lipinski definition) is 4. The van der Waals surface area contributed by atoms with Gasteiger partial charge in [0.05, 0.1) is 12.2 Å². The van der Waals surface area contributed by atoms with Crippen LogP contribution in [0.5, 0.6) is 0 Å². The van der Waals surface area contributed by atoms with Crippen molar-refractivity contribution >= 4 is 21.9 Å². The molecule has 0 saturated heterocycles. The predicted molar refractivity (Wildman–Crippen MR) is 67.3 cm³/mol. The SMILES string of the molecule is COCc1cc(Br)cc(-c2cc(C(=O)O)no2)c1F. The van der Waals surface area contributed by atoms with E-state index in [1.807, 2.05) is 0 Å². The summed E-state index contributed by atoms with van der Waals surface area (Å²) in [5.41, 5.74) is 0.184. The van der Waals surface area contributed by atoms with Gasteiger partial charge in [0.2, 0.25) is 0 Å². The quantitative estimate of drug-likeness (QED) is 0.933. The lowest BCUT2D eigenvalue weighted by molar-refractivity contribution is 0.0686. The molecular weight excluding hydrogens is 321 g/mol. The molecule has 1 aromatic heterocycles. The maximum Gasteiger partial charge on any atom is 0.358 e. The molecule has 1 aromatic carbocycles. The zero-order valence-corrected chi connectivity index (χ0v) is 11.4. The molecule has 0 radical (unpaired) electrons. The number of rotatable bonds is 4. The van der Waals surface area contributed by atoms with Crippen LogP contribution in [-0.4, -0.2) is 23.3 Å². The van der Waals surface area contributed by atoms with Gasteiger partial charge in [0.25, 0.3) is 0 Å². The molecule has 0 fully saturated rings. The molecule has 0 aliphatic carbocycles. The van der Waals surface area contributed by atoms with Crippen molar-refractivity contribution in [2.45, 2.75) is 6.61 Å². The van der Waals surface area contributed by atoms with Crippen molar-refractivity contribution in [2.24, 2.45) is 0 Å². The third kappa shape index (κ3) is 2.82. The van der Waals surface area contributed by atoms with Crippen LogP contribution in [0, 0.1) is 5.82 Å². The van der Waals surface area contributed by atoms with E-state index in [4.69, 9.17) is 14.4 Å². The summed E-state index contributed by atoms with van der Waals surface area (Å²) in [6.07, 6.45) is 0. The Morgan fingerprint density at radius 3 is 2.84 bits per heavy atom. The number of carbonyl (C=O) groups is 1. The van der Waals surface area contributed by atoms with Crippen molar-refractivity contribution in [3.05, 3.63) is 39.7 Å². The second-order valence-corrected chi connectivity index (χ2v) is 4.66. The highest BCUT2D eigenvalue weighted by Crippen LogP contribution is 2.30. The molecule has 0 amide bonds. The Hall–Kier alpha value is -1.73. The topological polar surface area (TPSA) is 72.6 Å². The third-order valence-electron chi connectivity index (χ3n) is 2.41. The highest BCUT2D eigenvalue weighted by atomic mass is 79.9. The number of aromatic nitrogens is 1. The Morgan fingerprint density at radius 2 is 2.26 bits per heavy atom. The van der Waals surface area contributed by atoms with E-state index in [9.17, 15) is 9.18 Å². The molecule has 2 rings (SSSR count). The van der Waals surface area contributed by atoms with E-state index in [0.29, 0.717) is 10.0 Å². The molecule has 0 atom stereocenters. The number of nitrogens with zero attached hydrogens (tertiary/aromatic N) is 1. The van der Waals surface area contributed by atoms with Gasteiger partial charge in [-0.2, -0.15) is 0 Å². The van der Waals surface area contributed by atoms with Crippen molar-refractivity contribution in [1.29, 1.82) is 0 Å². The Labute approximate surface area is 116 Å². The van der Waals surface area contributed by atoms with E-state index >= 15 is 0 Å². The van der Waals surface area contributed by atoms with Gasteiger partial charge in [-0.25, -0.2) is 9.18 Å². The van der Waals surface area contributed by atoms with Crippen LogP contribution in [0.15, 0.2) is 27.2 Å². The van der Waals surface area contributed by atoms with Gasteiger partial charge in [0.1, 0.15) is 5.82 Å². The summed E-state index contributed by atoms with van der Waals surface area (Å²) in [7, 11) is 1.46. The number of ether oxygens (including phenoxy) is 1. The Balaban J connectivity index is 2.51. The summed E-state index contributed by atoms with van der Waals surface area (Å²) in [6.45, 7) is 0.0954. The number of hydrogen-bond donors (Lipinski definition) is 1. The van der Waals surface area contributed by atoms with Crippen LogP contribution in [0.25, 0.3) is 11.3 Å². The smallest absolute Gasteiger partial charge is 0.358 e. The highest BCUT2D eigenvalue weighted by Gasteiger charge is 2.18.